The zero-order chi connectivity index (χ0) is 11.4. The standard InChI is InChI=1S/C14H20O/c1-10(9-15)5-6-14-12(3)7-11(2)8-13(14)4/h7-9,15H,5-6H2,1-4H3. The molecule has 0 radical (unpaired) electrons. The second kappa shape index (κ2) is 5.01. The Kier molecular flexibility index (Phi) is 3.96. The van der Waals surface area contributed by atoms with Crippen molar-refractivity contribution in [3.05, 3.63) is 46.2 Å². The Morgan fingerprint density at radius 3 is 2.20 bits per heavy atom. The summed E-state index contributed by atoms with van der Waals surface area (Å²) in [5.74, 6) is 0. The summed E-state index contributed by atoms with van der Waals surface area (Å²) in [5.41, 5.74) is 6.50. The first-order valence-electron chi connectivity index (χ1n) is 5.41. The van der Waals surface area contributed by atoms with Crippen LogP contribution < -0.4 is 0 Å². The van der Waals surface area contributed by atoms with Gasteiger partial charge in [-0.25, -0.2) is 0 Å². The van der Waals surface area contributed by atoms with Gasteiger partial charge in [0, 0.05) is 0 Å². The highest BCUT2D eigenvalue weighted by molar-refractivity contribution is 5.37. The lowest BCUT2D eigenvalue weighted by Crippen LogP contribution is -1.96. The second-order valence-corrected chi connectivity index (χ2v) is 4.35. The third kappa shape index (κ3) is 3.12. The summed E-state index contributed by atoms with van der Waals surface area (Å²) in [5, 5.41) is 8.83. The molecule has 1 heteroatoms. The van der Waals surface area contributed by atoms with E-state index < -0.39 is 0 Å². The number of hydrogen-bond acceptors (Lipinski definition) is 1. The lowest BCUT2D eigenvalue weighted by Gasteiger charge is -2.11. The molecule has 0 aliphatic carbocycles. The summed E-state index contributed by atoms with van der Waals surface area (Å²) in [6.45, 7) is 8.40. The molecule has 0 atom stereocenters. The molecular formula is C14H20O. The largest absolute Gasteiger partial charge is 0.516 e. The zero-order valence-electron chi connectivity index (χ0n) is 10.1. The quantitative estimate of drug-likeness (QED) is 0.738. The predicted molar refractivity (Wildman–Crippen MR) is 65.4 cm³/mol. The highest BCUT2D eigenvalue weighted by atomic mass is 16.2. The molecule has 0 saturated heterocycles. The van der Waals surface area contributed by atoms with Crippen LogP contribution in [-0.2, 0) is 6.42 Å². The van der Waals surface area contributed by atoms with Crippen LogP contribution in [0.1, 0.15) is 35.6 Å². The van der Waals surface area contributed by atoms with Crippen molar-refractivity contribution < 1.29 is 5.11 Å². The van der Waals surface area contributed by atoms with Crippen molar-refractivity contribution in [3.63, 3.8) is 0 Å². The molecule has 0 amide bonds. The number of benzene rings is 1. The van der Waals surface area contributed by atoms with E-state index in [-0.39, 0.29) is 0 Å². The fourth-order valence-corrected chi connectivity index (χ4v) is 1.99. The molecule has 82 valence electrons. The Morgan fingerprint density at radius 2 is 1.73 bits per heavy atom. The van der Waals surface area contributed by atoms with Gasteiger partial charge in [0.2, 0.25) is 0 Å². The SMILES string of the molecule is CC(=CO)CCc1c(C)cc(C)cc1C. The minimum Gasteiger partial charge on any atom is -0.516 e. The number of aliphatic hydroxyl groups is 1. The van der Waals surface area contributed by atoms with E-state index in [0.29, 0.717) is 0 Å². The van der Waals surface area contributed by atoms with Crippen LogP contribution >= 0.6 is 0 Å². The molecule has 1 rings (SSSR count). The van der Waals surface area contributed by atoms with Gasteiger partial charge >= 0.3 is 0 Å². The van der Waals surface area contributed by atoms with Gasteiger partial charge in [-0.1, -0.05) is 17.7 Å². The fraction of sp³-hybridized carbons (Fsp3) is 0.429. The number of allylic oxidation sites excluding steroid dienone is 1. The molecule has 0 fully saturated rings. The van der Waals surface area contributed by atoms with E-state index >= 15 is 0 Å². The molecule has 0 heterocycles. The van der Waals surface area contributed by atoms with Gasteiger partial charge in [0.1, 0.15) is 0 Å². The van der Waals surface area contributed by atoms with Crippen molar-refractivity contribution in [3.8, 4) is 0 Å². The highest BCUT2D eigenvalue weighted by Gasteiger charge is 2.03. The Bertz CT molecular complexity index is 352. The lowest BCUT2D eigenvalue weighted by molar-refractivity contribution is 0.464. The van der Waals surface area contributed by atoms with E-state index in [4.69, 9.17) is 5.11 Å². The van der Waals surface area contributed by atoms with E-state index in [9.17, 15) is 0 Å². The molecule has 0 unspecified atom stereocenters. The summed E-state index contributed by atoms with van der Waals surface area (Å²) < 4.78 is 0. The van der Waals surface area contributed by atoms with E-state index in [2.05, 4.69) is 32.9 Å². The number of rotatable bonds is 3. The molecular weight excluding hydrogens is 184 g/mol. The topological polar surface area (TPSA) is 20.2 Å². The van der Waals surface area contributed by atoms with E-state index in [1.807, 2.05) is 6.92 Å². The molecule has 1 N–H and O–H groups in total. The Balaban J connectivity index is 2.86. The first kappa shape index (κ1) is 11.8. The van der Waals surface area contributed by atoms with E-state index in [1.54, 1.807) is 0 Å². The van der Waals surface area contributed by atoms with Gasteiger partial charge in [-0.3, -0.25) is 0 Å². The maximum atomic E-state index is 8.83. The maximum absolute atomic E-state index is 8.83. The molecule has 0 aromatic heterocycles. The van der Waals surface area contributed by atoms with Crippen LogP contribution in [0.5, 0.6) is 0 Å². The number of aryl methyl sites for hydroxylation is 3. The minimum atomic E-state index is 0.932. The number of aliphatic hydroxyl groups excluding tert-OH is 1. The van der Waals surface area contributed by atoms with Crippen LogP contribution in [0.15, 0.2) is 24.0 Å². The van der Waals surface area contributed by atoms with Crippen molar-refractivity contribution in [1.29, 1.82) is 0 Å². The lowest BCUT2D eigenvalue weighted by atomic mass is 9.95. The molecule has 0 spiro atoms. The molecule has 1 aromatic rings. The normalized spacial score (nSPS) is 11.9. The molecule has 0 aliphatic heterocycles. The van der Waals surface area contributed by atoms with Crippen LogP contribution in [0.3, 0.4) is 0 Å². The predicted octanol–water partition coefficient (Wildman–Crippen LogP) is 4.01. The maximum Gasteiger partial charge on any atom is 0.0780 e. The van der Waals surface area contributed by atoms with Crippen molar-refractivity contribution in [2.45, 2.75) is 40.5 Å². The average Bonchev–Trinajstić information content (AvgIpc) is 2.15. The van der Waals surface area contributed by atoms with Crippen molar-refractivity contribution in [2.24, 2.45) is 0 Å². The summed E-state index contributed by atoms with van der Waals surface area (Å²) in [6, 6.07) is 4.45. The third-order valence-electron chi connectivity index (χ3n) is 2.83. The second-order valence-electron chi connectivity index (χ2n) is 4.35. The van der Waals surface area contributed by atoms with Crippen LogP contribution in [-0.4, -0.2) is 5.11 Å². The Hall–Kier alpha value is -1.24. The highest BCUT2D eigenvalue weighted by Crippen LogP contribution is 2.19. The van der Waals surface area contributed by atoms with Gasteiger partial charge in [-0.15, -0.1) is 0 Å². The first-order chi connectivity index (χ1) is 7.04. The van der Waals surface area contributed by atoms with Crippen molar-refractivity contribution >= 4 is 0 Å². The van der Waals surface area contributed by atoms with Gasteiger partial charge < -0.3 is 5.11 Å². The average molecular weight is 204 g/mol. The Labute approximate surface area is 92.5 Å². The molecule has 0 saturated carbocycles. The van der Waals surface area contributed by atoms with Crippen LogP contribution in [0.25, 0.3) is 0 Å². The molecule has 1 nitrogen and oxygen atoms in total. The smallest absolute Gasteiger partial charge is 0.0780 e. The van der Waals surface area contributed by atoms with Gasteiger partial charge in [-0.2, -0.15) is 0 Å². The van der Waals surface area contributed by atoms with Crippen molar-refractivity contribution in [1.82, 2.24) is 0 Å². The van der Waals surface area contributed by atoms with Crippen LogP contribution in [0.4, 0.5) is 0 Å². The van der Waals surface area contributed by atoms with E-state index in [0.717, 1.165) is 18.4 Å². The summed E-state index contributed by atoms with van der Waals surface area (Å²) in [6.07, 6.45) is 3.15. The Morgan fingerprint density at radius 1 is 1.20 bits per heavy atom. The first-order valence-corrected chi connectivity index (χ1v) is 5.41. The van der Waals surface area contributed by atoms with Gasteiger partial charge in [0.25, 0.3) is 0 Å². The zero-order valence-corrected chi connectivity index (χ0v) is 10.1. The molecule has 0 aliphatic rings. The summed E-state index contributed by atoms with van der Waals surface area (Å²) in [7, 11) is 0. The summed E-state index contributed by atoms with van der Waals surface area (Å²) >= 11 is 0. The monoisotopic (exact) mass is 204 g/mol. The van der Waals surface area contributed by atoms with Crippen LogP contribution in [0, 0.1) is 20.8 Å². The fourth-order valence-electron chi connectivity index (χ4n) is 1.99. The molecule has 15 heavy (non-hydrogen) atoms. The molecule has 1 aromatic carbocycles. The van der Waals surface area contributed by atoms with E-state index in [1.165, 1.54) is 28.5 Å². The molecule has 0 bridgehead atoms. The van der Waals surface area contributed by atoms with Crippen LogP contribution in [0.2, 0.25) is 0 Å². The number of hydrogen-bond donors (Lipinski definition) is 1. The van der Waals surface area contributed by atoms with Gasteiger partial charge in [0.05, 0.1) is 6.26 Å². The minimum absolute atomic E-state index is 0.932. The summed E-state index contributed by atoms with van der Waals surface area (Å²) in [4.78, 5) is 0. The van der Waals surface area contributed by atoms with Crippen molar-refractivity contribution in [2.75, 3.05) is 0 Å². The van der Waals surface area contributed by atoms with Gasteiger partial charge in [-0.05, 0) is 62.8 Å². The third-order valence-corrected chi connectivity index (χ3v) is 2.83. The van der Waals surface area contributed by atoms with Gasteiger partial charge in [0.15, 0.2) is 0 Å².